The third-order valence-corrected chi connectivity index (χ3v) is 3.64. The fourth-order valence-electron chi connectivity index (χ4n) is 2.08. The van der Waals surface area contributed by atoms with Crippen molar-refractivity contribution < 1.29 is 4.74 Å². The van der Waals surface area contributed by atoms with Crippen LogP contribution in [0.15, 0.2) is 24.3 Å². The van der Waals surface area contributed by atoms with E-state index in [0.29, 0.717) is 21.3 Å². The van der Waals surface area contributed by atoms with Gasteiger partial charge in [0, 0.05) is 10.7 Å². The number of halogens is 1. The Hall–Kier alpha value is -1.39. The SMILES string of the molecule is COc1cc(Cl)ccc1-c1nc(=S)cc(C2CC2)[nH]1. The summed E-state index contributed by atoms with van der Waals surface area (Å²) in [5.74, 6) is 2.03. The van der Waals surface area contributed by atoms with Crippen molar-refractivity contribution in [3.8, 4) is 17.1 Å². The summed E-state index contributed by atoms with van der Waals surface area (Å²) in [5.41, 5.74) is 2.03. The van der Waals surface area contributed by atoms with Gasteiger partial charge in [0.2, 0.25) is 0 Å². The Morgan fingerprint density at radius 2 is 2.16 bits per heavy atom. The molecule has 0 spiro atoms. The number of aromatic amines is 1. The molecule has 0 aliphatic heterocycles. The topological polar surface area (TPSA) is 37.9 Å². The Morgan fingerprint density at radius 3 is 2.84 bits per heavy atom. The van der Waals surface area contributed by atoms with Crippen molar-refractivity contribution in [2.45, 2.75) is 18.8 Å². The van der Waals surface area contributed by atoms with Crippen LogP contribution in [0.2, 0.25) is 5.02 Å². The zero-order chi connectivity index (χ0) is 13.4. The van der Waals surface area contributed by atoms with Gasteiger partial charge in [0.15, 0.2) is 0 Å². The third-order valence-electron chi connectivity index (χ3n) is 3.20. The lowest BCUT2D eigenvalue weighted by Crippen LogP contribution is -1.97. The van der Waals surface area contributed by atoms with E-state index in [0.717, 1.165) is 17.1 Å². The molecule has 1 aliphatic carbocycles. The summed E-state index contributed by atoms with van der Waals surface area (Å²) >= 11 is 11.2. The lowest BCUT2D eigenvalue weighted by Gasteiger charge is -2.10. The number of methoxy groups -OCH3 is 1. The van der Waals surface area contributed by atoms with Crippen LogP contribution in [0, 0.1) is 4.64 Å². The largest absolute Gasteiger partial charge is 0.496 e. The van der Waals surface area contributed by atoms with Gasteiger partial charge in [0.25, 0.3) is 0 Å². The summed E-state index contributed by atoms with van der Waals surface area (Å²) < 4.78 is 5.96. The fraction of sp³-hybridized carbons (Fsp3) is 0.286. The van der Waals surface area contributed by atoms with Crippen LogP contribution in [0.5, 0.6) is 5.75 Å². The minimum Gasteiger partial charge on any atom is -0.496 e. The molecule has 1 aromatic heterocycles. The molecule has 0 unspecified atom stereocenters. The molecule has 98 valence electrons. The Bertz CT molecular complexity index is 679. The highest BCUT2D eigenvalue weighted by Gasteiger charge is 2.25. The van der Waals surface area contributed by atoms with Crippen LogP contribution >= 0.6 is 23.8 Å². The fourth-order valence-corrected chi connectivity index (χ4v) is 2.46. The quantitative estimate of drug-likeness (QED) is 0.855. The number of H-pyrrole nitrogens is 1. The molecule has 1 saturated carbocycles. The van der Waals surface area contributed by atoms with Crippen molar-refractivity contribution in [2.24, 2.45) is 0 Å². The van der Waals surface area contributed by atoms with E-state index >= 15 is 0 Å². The third kappa shape index (κ3) is 2.65. The number of ether oxygens (including phenoxy) is 1. The number of rotatable bonds is 3. The van der Waals surface area contributed by atoms with Crippen LogP contribution in [0.1, 0.15) is 24.5 Å². The smallest absolute Gasteiger partial charge is 0.142 e. The molecule has 5 heteroatoms. The minimum absolute atomic E-state index is 0.599. The van der Waals surface area contributed by atoms with Gasteiger partial charge in [-0.2, -0.15) is 0 Å². The van der Waals surface area contributed by atoms with Crippen molar-refractivity contribution >= 4 is 23.8 Å². The number of aromatic nitrogens is 2. The van der Waals surface area contributed by atoms with E-state index in [9.17, 15) is 0 Å². The number of benzene rings is 1. The molecule has 0 atom stereocenters. The molecule has 0 bridgehead atoms. The average molecular weight is 293 g/mol. The lowest BCUT2D eigenvalue weighted by atomic mass is 10.1. The van der Waals surface area contributed by atoms with E-state index < -0.39 is 0 Å². The molecule has 1 aliphatic rings. The van der Waals surface area contributed by atoms with Crippen molar-refractivity contribution in [2.75, 3.05) is 7.11 Å². The van der Waals surface area contributed by atoms with Gasteiger partial charge < -0.3 is 9.72 Å². The van der Waals surface area contributed by atoms with Gasteiger partial charge in [-0.1, -0.05) is 23.8 Å². The number of hydrogen-bond donors (Lipinski definition) is 1. The van der Waals surface area contributed by atoms with Gasteiger partial charge >= 0.3 is 0 Å². The summed E-state index contributed by atoms with van der Waals surface area (Å²) in [6.07, 6.45) is 2.43. The first kappa shape index (κ1) is 12.6. The molecule has 3 rings (SSSR count). The molecule has 1 aromatic carbocycles. The van der Waals surface area contributed by atoms with E-state index in [1.54, 1.807) is 13.2 Å². The molecule has 1 heterocycles. The van der Waals surface area contributed by atoms with E-state index in [4.69, 9.17) is 28.6 Å². The molecule has 1 fully saturated rings. The summed E-state index contributed by atoms with van der Waals surface area (Å²) in [6, 6.07) is 7.44. The second kappa shape index (κ2) is 4.94. The van der Waals surface area contributed by atoms with E-state index in [1.807, 2.05) is 18.2 Å². The standard InChI is InChI=1S/C14H13ClN2OS/c1-18-12-6-9(15)4-5-10(12)14-16-11(8-2-3-8)7-13(19)17-14/h4-8H,2-3H2,1H3,(H,16,17,19). The molecule has 0 amide bonds. The minimum atomic E-state index is 0.599. The first-order valence-corrected chi connectivity index (χ1v) is 6.91. The monoisotopic (exact) mass is 292 g/mol. The molecular weight excluding hydrogens is 280 g/mol. The zero-order valence-electron chi connectivity index (χ0n) is 10.4. The highest BCUT2D eigenvalue weighted by atomic mass is 35.5. The Kier molecular flexibility index (Phi) is 3.29. The highest BCUT2D eigenvalue weighted by Crippen LogP contribution is 2.40. The summed E-state index contributed by atoms with van der Waals surface area (Å²) in [7, 11) is 1.62. The lowest BCUT2D eigenvalue weighted by molar-refractivity contribution is 0.416. The molecule has 1 N–H and O–H groups in total. The van der Waals surface area contributed by atoms with E-state index in [-0.39, 0.29) is 0 Å². The summed E-state index contributed by atoms with van der Waals surface area (Å²) in [6.45, 7) is 0. The molecule has 2 aromatic rings. The number of nitrogens with zero attached hydrogens (tertiary/aromatic N) is 1. The van der Waals surface area contributed by atoms with Crippen LogP contribution in [0.3, 0.4) is 0 Å². The van der Waals surface area contributed by atoms with Crippen LogP contribution in [0.4, 0.5) is 0 Å². The van der Waals surface area contributed by atoms with E-state index in [2.05, 4.69) is 9.97 Å². The Balaban J connectivity index is 2.13. The molecular formula is C14H13ClN2OS. The number of hydrogen-bond acceptors (Lipinski definition) is 3. The van der Waals surface area contributed by atoms with Gasteiger partial charge in [-0.15, -0.1) is 0 Å². The summed E-state index contributed by atoms with van der Waals surface area (Å²) in [5, 5.41) is 0.637. The maximum atomic E-state index is 5.97. The van der Waals surface area contributed by atoms with Crippen molar-refractivity contribution in [1.29, 1.82) is 0 Å². The molecule has 19 heavy (non-hydrogen) atoms. The normalized spacial score (nSPS) is 14.4. The molecule has 3 nitrogen and oxygen atoms in total. The first-order valence-electron chi connectivity index (χ1n) is 6.12. The van der Waals surface area contributed by atoms with Crippen LogP contribution in [-0.2, 0) is 0 Å². The second-order valence-corrected chi connectivity index (χ2v) is 5.50. The van der Waals surface area contributed by atoms with Crippen molar-refractivity contribution in [3.63, 3.8) is 0 Å². The van der Waals surface area contributed by atoms with Gasteiger partial charge in [0.05, 0.1) is 12.7 Å². The van der Waals surface area contributed by atoms with Crippen molar-refractivity contribution in [3.05, 3.63) is 39.6 Å². The van der Waals surface area contributed by atoms with Gasteiger partial charge in [-0.25, -0.2) is 4.98 Å². The van der Waals surface area contributed by atoms with Gasteiger partial charge in [0.1, 0.15) is 16.2 Å². The first-order chi connectivity index (χ1) is 9.17. The Morgan fingerprint density at radius 1 is 1.37 bits per heavy atom. The van der Waals surface area contributed by atoms with Crippen LogP contribution < -0.4 is 4.74 Å². The van der Waals surface area contributed by atoms with E-state index in [1.165, 1.54) is 12.8 Å². The van der Waals surface area contributed by atoms with Gasteiger partial charge in [-0.3, -0.25) is 0 Å². The van der Waals surface area contributed by atoms with Gasteiger partial charge in [-0.05, 0) is 43.0 Å². The predicted octanol–water partition coefficient (Wildman–Crippen LogP) is 4.35. The summed E-state index contributed by atoms with van der Waals surface area (Å²) in [4.78, 5) is 7.75. The van der Waals surface area contributed by atoms with Crippen LogP contribution in [-0.4, -0.2) is 17.1 Å². The average Bonchev–Trinajstić information content (AvgIpc) is 3.22. The molecule has 0 radical (unpaired) electrons. The second-order valence-electron chi connectivity index (χ2n) is 4.64. The van der Waals surface area contributed by atoms with Crippen LogP contribution in [0.25, 0.3) is 11.4 Å². The number of nitrogens with one attached hydrogen (secondary N) is 1. The zero-order valence-corrected chi connectivity index (χ0v) is 12.0. The molecule has 0 saturated heterocycles. The predicted molar refractivity (Wildman–Crippen MR) is 78.4 cm³/mol. The van der Waals surface area contributed by atoms with Crippen molar-refractivity contribution in [1.82, 2.24) is 9.97 Å². The Labute approximate surface area is 121 Å². The highest BCUT2D eigenvalue weighted by molar-refractivity contribution is 7.71. The maximum absolute atomic E-state index is 5.97. The maximum Gasteiger partial charge on any atom is 0.142 e.